The molecule has 1 fully saturated rings. The molecule has 0 spiro atoms. The van der Waals surface area contributed by atoms with Crippen molar-refractivity contribution in [1.82, 2.24) is 5.01 Å². The number of hydrogen-bond donors (Lipinski definition) is 0. The summed E-state index contributed by atoms with van der Waals surface area (Å²) in [5.41, 5.74) is 4.27. The Balaban J connectivity index is 1.57. The molecule has 1 amide bonds. The number of benzene rings is 3. The van der Waals surface area contributed by atoms with Crippen molar-refractivity contribution < 1.29 is 13.6 Å². The van der Waals surface area contributed by atoms with Crippen molar-refractivity contribution in [3.05, 3.63) is 113 Å². The van der Waals surface area contributed by atoms with Crippen molar-refractivity contribution in [2.24, 2.45) is 11.0 Å². The van der Waals surface area contributed by atoms with Crippen molar-refractivity contribution in [1.29, 1.82) is 0 Å². The highest BCUT2D eigenvalue weighted by atomic mass is 19.1. The lowest BCUT2D eigenvalue weighted by Crippen LogP contribution is -2.31. The Bertz CT molecular complexity index is 1180. The maximum absolute atomic E-state index is 13.6. The minimum Gasteiger partial charge on any atom is -0.267 e. The molecule has 2 atom stereocenters. The lowest BCUT2D eigenvalue weighted by atomic mass is 9.77. The maximum atomic E-state index is 13.6. The van der Waals surface area contributed by atoms with Gasteiger partial charge < -0.3 is 0 Å². The second-order valence-corrected chi connectivity index (χ2v) is 8.22. The van der Waals surface area contributed by atoms with E-state index in [-0.39, 0.29) is 29.5 Å². The van der Waals surface area contributed by atoms with Gasteiger partial charge in [-0.25, -0.2) is 13.8 Å². The fourth-order valence-corrected chi connectivity index (χ4v) is 4.63. The number of carbonyl (C=O) groups excluding carboxylic acids is 1. The fraction of sp³-hybridized carbons (Fsp3) is 0.185. The van der Waals surface area contributed by atoms with Crippen LogP contribution in [0.5, 0.6) is 0 Å². The van der Waals surface area contributed by atoms with E-state index in [2.05, 4.69) is 0 Å². The molecule has 0 bridgehead atoms. The van der Waals surface area contributed by atoms with Gasteiger partial charge in [0.05, 0.1) is 11.8 Å². The van der Waals surface area contributed by atoms with E-state index in [1.165, 1.54) is 24.3 Å². The van der Waals surface area contributed by atoms with Crippen LogP contribution in [0.1, 0.15) is 46.8 Å². The Morgan fingerprint density at radius 2 is 1.56 bits per heavy atom. The fourth-order valence-electron chi connectivity index (χ4n) is 4.63. The van der Waals surface area contributed by atoms with Crippen molar-refractivity contribution in [2.45, 2.75) is 25.3 Å². The second kappa shape index (κ2) is 8.50. The predicted molar refractivity (Wildman–Crippen MR) is 121 cm³/mol. The summed E-state index contributed by atoms with van der Waals surface area (Å²) in [5, 5.41) is 6.39. The zero-order valence-corrected chi connectivity index (χ0v) is 17.4. The van der Waals surface area contributed by atoms with Crippen LogP contribution in [-0.2, 0) is 0 Å². The topological polar surface area (TPSA) is 32.7 Å². The summed E-state index contributed by atoms with van der Waals surface area (Å²) in [7, 11) is 0. The largest absolute Gasteiger partial charge is 0.274 e. The van der Waals surface area contributed by atoms with Crippen LogP contribution < -0.4 is 0 Å². The van der Waals surface area contributed by atoms with Gasteiger partial charge in [-0.15, -0.1) is 0 Å². The highest BCUT2D eigenvalue weighted by Gasteiger charge is 2.43. The highest BCUT2D eigenvalue weighted by molar-refractivity contribution is 6.09. The van der Waals surface area contributed by atoms with Gasteiger partial charge in [0.25, 0.3) is 5.91 Å². The zero-order chi connectivity index (χ0) is 22.1. The van der Waals surface area contributed by atoms with Crippen LogP contribution in [0, 0.1) is 17.6 Å². The lowest BCUT2D eigenvalue weighted by molar-refractivity contribution is 0.0681. The smallest absolute Gasteiger partial charge is 0.267 e. The van der Waals surface area contributed by atoms with Gasteiger partial charge in [0.15, 0.2) is 0 Å². The van der Waals surface area contributed by atoms with Crippen LogP contribution in [0.2, 0.25) is 0 Å². The third kappa shape index (κ3) is 3.86. The number of nitrogens with zero attached hydrogens (tertiary/aromatic N) is 2. The number of halogens is 2. The lowest BCUT2D eigenvalue weighted by Gasteiger charge is -2.29. The van der Waals surface area contributed by atoms with Crippen molar-refractivity contribution in [3.8, 4) is 0 Å². The third-order valence-electron chi connectivity index (χ3n) is 6.15. The summed E-state index contributed by atoms with van der Waals surface area (Å²) >= 11 is 0. The molecular formula is C27H22F2N2O. The molecule has 2 aliphatic rings. The first-order chi connectivity index (χ1) is 15.6. The molecule has 0 radical (unpaired) electrons. The van der Waals surface area contributed by atoms with Gasteiger partial charge in [0.2, 0.25) is 0 Å². The van der Waals surface area contributed by atoms with Crippen LogP contribution in [0.3, 0.4) is 0 Å². The highest BCUT2D eigenvalue weighted by Crippen LogP contribution is 2.44. The average molecular weight is 428 g/mol. The Morgan fingerprint density at radius 1 is 0.906 bits per heavy atom. The van der Waals surface area contributed by atoms with Crippen LogP contribution >= 0.6 is 0 Å². The number of hydrazone groups is 1. The SMILES string of the molecule is O=C(c1ccccc1)N1N=C2/C(=C/c3ccc(F)cc3)CCC[C@@H]2[C@H]1c1ccc(F)cc1. The molecule has 0 saturated heterocycles. The first-order valence-corrected chi connectivity index (χ1v) is 10.8. The molecule has 3 nitrogen and oxygen atoms in total. The minimum atomic E-state index is -0.311. The Hall–Kier alpha value is -3.60. The molecule has 3 aromatic carbocycles. The van der Waals surface area contributed by atoms with Crippen molar-refractivity contribution >= 4 is 17.7 Å². The van der Waals surface area contributed by atoms with Gasteiger partial charge in [-0.2, -0.15) is 5.10 Å². The van der Waals surface area contributed by atoms with Crippen molar-refractivity contribution in [3.63, 3.8) is 0 Å². The first-order valence-electron chi connectivity index (χ1n) is 10.8. The van der Waals surface area contributed by atoms with Gasteiger partial charge in [0.1, 0.15) is 11.6 Å². The number of amides is 1. The summed E-state index contributed by atoms with van der Waals surface area (Å²) in [6.07, 6.45) is 4.72. The summed E-state index contributed by atoms with van der Waals surface area (Å²) in [6, 6.07) is 21.5. The van der Waals surface area contributed by atoms with E-state index in [0.29, 0.717) is 5.56 Å². The molecular weight excluding hydrogens is 406 g/mol. The maximum Gasteiger partial charge on any atom is 0.274 e. The second-order valence-electron chi connectivity index (χ2n) is 8.22. The van der Waals surface area contributed by atoms with E-state index >= 15 is 0 Å². The molecule has 3 aromatic rings. The summed E-state index contributed by atoms with van der Waals surface area (Å²) < 4.78 is 26.9. The molecule has 32 heavy (non-hydrogen) atoms. The molecule has 160 valence electrons. The standard InChI is InChI=1S/C27H22F2N2O/c28-22-13-9-18(10-14-22)17-21-7-4-8-24-25(21)30-31(27(32)20-5-2-1-3-6-20)26(24)19-11-15-23(29)16-12-19/h1-3,5-6,9-17,24,26H,4,7-8H2/b21-17+/t24-,26+/m0/s1. The van der Waals surface area contributed by atoms with E-state index in [1.54, 1.807) is 41.4 Å². The minimum absolute atomic E-state index is 0.0218. The van der Waals surface area contributed by atoms with E-state index in [1.807, 2.05) is 24.3 Å². The first kappa shape index (κ1) is 20.3. The van der Waals surface area contributed by atoms with Crippen molar-refractivity contribution in [2.75, 3.05) is 0 Å². The Kier molecular flexibility index (Phi) is 5.39. The molecule has 1 heterocycles. The number of rotatable bonds is 3. The monoisotopic (exact) mass is 428 g/mol. The predicted octanol–water partition coefficient (Wildman–Crippen LogP) is 6.40. The number of hydrogen-bond acceptors (Lipinski definition) is 2. The van der Waals surface area contributed by atoms with Crippen LogP contribution in [-0.4, -0.2) is 16.6 Å². The molecule has 0 unspecified atom stereocenters. The van der Waals surface area contributed by atoms with Crippen LogP contribution in [0.4, 0.5) is 8.78 Å². The quantitative estimate of drug-likeness (QED) is 0.475. The molecule has 5 heteroatoms. The molecule has 0 N–H and O–H groups in total. The van der Waals surface area contributed by atoms with E-state index < -0.39 is 0 Å². The van der Waals surface area contributed by atoms with Gasteiger partial charge in [0, 0.05) is 11.5 Å². The molecule has 1 saturated carbocycles. The van der Waals surface area contributed by atoms with E-state index in [9.17, 15) is 13.6 Å². The normalized spacial score (nSPS) is 21.4. The summed E-state index contributed by atoms with van der Waals surface area (Å²) in [4.78, 5) is 13.4. The third-order valence-corrected chi connectivity index (χ3v) is 6.15. The van der Waals surface area contributed by atoms with Gasteiger partial charge in [-0.05, 0) is 78.4 Å². The van der Waals surface area contributed by atoms with E-state index in [4.69, 9.17) is 5.10 Å². The van der Waals surface area contributed by atoms with Gasteiger partial charge in [-0.1, -0.05) is 42.5 Å². The van der Waals surface area contributed by atoms with Crippen LogP contribution in [0.15, 0.2) is 89.5 Å². The number of fused-ring (bicyclic) bond motifs is 1. The molecule has 1 aliphatic heterocycles. The average Bonchev–Trinajstić information content (AvgIpc) is 3.22. The van der Waals surface area contributed by atoms with Gasteiger partial charge >= 0.3 is 0 Å². The molecule has 0 aromatic heterocycles. The summed E-state index contributed by atoms with van der Waals surface area (Å²) in [6.45, 7) is 0. The molecule has 5 rings (SSSR count). The zero-order valence-electron chi connectivity index (χ0n) is 17.4. The van der Waals surface area contributed by atoms with Crippen LogP contribution in [0.25, 0.3) is 6.08 Å². The Morgan fingerprint density at radius 3 is 2.25 bits per heavy atom. The van der Waals surface area contributed by atoms with Gasteiger partial charge in [-0.3, -0.25) is 4.79 Å². The number of carbonyl (C=O) groups is 1. The Labute approximate surface area is 185 Å². The number of allylic oxidation sites excluding steroid dienone is 1. The molecule has 1 aliphatic carbocycles. The van der Waals surface area contributed by atoms with E-state index in [0.717, 1.165) is 41.7 Å². The summed E-state index contributed by atoms with van der Waals surface area (Å²) in [5.74, 6) is -0.742.